The smallest absolute Gasteiger partial charge is 0.258 e. The summed E-state index contributed by atoms with van der Waals surface area (Å²) in [6, 6.07) is 5.47. The van der Waals surface area contributed by atoms with Crippen LogP contribution >= 0.6 is 0 Å². The molecular weight excluding hydrogens is 227 g/mol. The van der Waals surface area contributed by atoms with Crippen molar-refractivity contribution in [3.05, 3.63) is 30.1 Å². The van der Waals surface area contributed by atoms with Crippen LogP contribution in [0.25, 0.3) is 0 Å². The predicted octanol–water partition coefficient (Wildman–Crippen LogP) is 0.0667. The third-order valence-electron chi connectivity index (χ3n) is 1.89. The number of nitrogens with one attached hydrogen (secondary N) is 2. The van der Waals surface area contributed by atoms with Gasteiger partial charge in [0.25, 0.3) is 5.91 Å². The van der Waals surface area contributed by atoms with Gasteiger partial charge in [-0.15, -0.1) is 0 Å². The molecule has 1 aromatic carbocycles. The van der Waals surface area contributed by atoms with E-state index in [1.165, 1.54) is 31.3 Å². The number of benzene rings is 1. The number of rotatable bonds is 5. The van der Waals surface area contributed by atoms with E-state index < -0.39 is 11.7 Å². The number of hydrogen-bond acceptors (Lipinski definition) is 3. The lowest BCUT2D eigenvalue weighted by Crippen LogP contribution is -2.37. The SMILES string of the molecule is CNC(=O)CNC(=O)COc1cccc(F)c1. The molecule has 0 aromatic heterocycles. The molecule has 92 valence electrons. The summed E-state index contributed by atoms with van der Waals surface area (Å²) in [6.07, 6.45) is 0. The fraction of sp³-hybridized carbons (Fsp3) is 0.273. The first-order valence-electron chi connectivity index (χ1n) is 4.97. The van der Waals surface area contributed by atoms with Gasteiger partial charge in [-0.3, -0.25) is 9.59 Å². The summed E-state index contributed by atoms with van der Waals surface area (Å²) in [7, 11) is 1.47. The van der Waals surface area contributed by atoms with Gasteiger partial charge in [-0.1, -0.05) is 6.07 Å². The van der Waals surface area contributed by atoms with Gasteiger partial charge in [-0.05, 0) is 12.1 Å². The van der Waals surface area contributed by atoms with Gasteiger partial charge < -0.3 is 15.4 Å². The summed E-state index contributed by atoms with van der Waals surface area (Å²) in [4.78, 5) is 22.0. The fourth-order valence-electron chi connectivity index (χ4n) is 1.02. The number of carbonyl (C=O) groups is 2. The quantitative estimate of drug-likeness (QED) is 0.765. The zero-order chi connectivity index (χ0) is 12.7. The Labute approximate surface area is 98.0 Å². The van der Waals surface area contributed by atoms with E-state index >= 15 is 0 Å². The molecule has 0 saturated carbocycles. The molecule has 1 rings (SSSR count). The minimum Gasteiger partial charge on any atom is -0.484 e. The summed E-state index contributed by atoms with van der Waals surface area (Å²) in [5.74, 6) is -0.921. The Morgan fingerprint density at radius 2 is 2.12 bits per heavy atom. The lowest BCUT2D eigenvalue weighted by molar-refractivity contribution is -0.127. The Bertz CT molecular complexity index is 409. The van der Waals surface area contributed by atoms with Crippen LogP contribution in [0.1, 0.15) is 0 Å². The molecule has 0 bridgehead atoms. The highest BCUT2D eigenvalue weighted by Crippen LogP contribution is 2.11. The highest BCUT2D eigenvalue weighted by molar-refractivity contribution is 5.85. The summed E-state index contributed by atoms with van der Waals surface area (Å²) < 4.78 is 17.8. The second-order valence-electron chi connectivity index (χ2n) is 3.20. The van der Waals surface area contributed by atoms with Crippen LogP contribution in [0.15, 0.2) is 24.3 Å². The van der Waals surface area contributed by atoms with Gasteiger partial charge in [0, 0.05) is 13.1 Å². The average Bonchev–Trinajstić information content (AvgIpc) is 2.33. The molecule has 2 amide bonds. The molecule has 1 aromatic rings. The largest absolute Gasteiger partial charge is 0.484 e. The van der Waals surface area contributed by atoms with E-state index in [0.29, 0.717) is 0 Å². The topological polar surface area (TPSA) is 67.4 Å². The maximum atomic E-state index is 12.8. The second-order valence-corrected chi connectivity index (χ2v) is 3.20. The van der Waals surface area contributed by atoms with Gasteiger partial charge in [0.05, 0.1) is 6.54 Å². The van der Waals surface area contributed by atoms with Crippen LogP contribution in [0.3, 0.4) is 0 Å². The van der Waals surface area contributed by atoms with E-state index in [-0.39, 0.29) is 24.8 Å². The van der Waals surface area contributed by atoms with Gasteiger partial charge in [0.15, 0.2) is 6.61 Å². The molecule has 0 atom stereocenters. The Morgan fingerprint density at radius 3 is 2.76 bits per heavy atom. The summed E-state index contributed by atoms with van der Waals surface area (Å²) >= 11 is 0. The molecule has 0 aliphatic carbocycles. The van der Waals surface area contributed by atoms with Crippen molar-refractivity contribution in [1.82, 2.24) is 10.6 Å². The van der Waals surface area contributed by atoms with E-state index in [0.717, 1.165) is 0 Å². The van der Waals surface area contributed by atoms with E-state index in [1.54, 1.807) is 0 Å². The van der Waals surface area contributed by atoms with Crippen LogP contribution in [0, 0.1) is 5.82 Å². The number of likely N-dealkylation sites (N-methyl/N-ethyl adjacent to an activating group) is 1. The third kappa shape index (κ3) is 4.96. The molecular formula is C11H13FN2O3. The van der Waals surface area contributed by atoms with Crippen molar-refractivity contribution in [1.29, 1.82) is 0 Å². The van der Waals surface area contributed by atoms with Crippen molar-refractivity contribution in [3.63, 3.8) is 0 Å². The van der Waals surface area contributed by atoms with Gasteiger partial charge in [0.2, 0.25) is 5.91 Å². The molecule has 0 radical (unpaired) electrons. The Morgan fingerprint density at radius 1 is 1.35 bits per heavy atom. The third-order valence-corrected chi connectivity index (χ3v) is 1.89. The first kappa shape index (κ1) is 13.0. The normalized spacial score (nSPS) is 9.53. The van der Waals surface area contributed by atoms with Crippen LogP contribution in [0.4, 0.5) is 4.39 Å². The van der Waals surface area contributed by atoms with Crippen molar-refractivity contribution in [3.8, 4) is 5.75 Å². The molecule has 0 aliphatic rings. The maximum absolute atomic E-state index is 12.8. The van der Waals surface area contributed by atoms with E-state index in [1.807, 2.05) is 0 Å². The molecule has 5 nitrogen and oxygen atoms in total. The number of ether oxygens (including phenoxy) is 1. The molecule has 0 fully saturated rings. The zero-order valence-electron chi connectivity index (χ0n) is 9.33. The van der Waals surface area contributed by atoms with E-state index in [9.17, 15) is 14.0 Å². The standard InChI is InChI=1S/C11H13FN2O3/c1-13-10(15)6-14-11(16)7-17-9-4-2-3-8(12)5-9/h2-5H,6-7H2,1H3,(H,13,15)(H,14,16). The molecule has 6 heteroatoms. The molecule has 0 unspecified atom stereocenters. The van der Waals surface area contributed by atoms with Crippen LogP contribution < -0.4 is 15.4 Å². The summed E-state index contributed by atoms with van der Waals surface area (Å²) in [5, 5.41) is 4.71. The van der Waals surface area contributed by atoms with Crippen LogP contribution in [0.5, 0.6) is 5.75 Å². The highest BCUT2D eigenvalue weighted by atomic mass is 19.1. The van der Waals surface area contributed by atoms with Crippen molar-refractivity contribution in [2.75, 3.05) is 20.2 Å². The Balaban J connectivity index is 2.31. The van der Waals surface area contributed by atoms with E-state index in [2.05, 4.69) is 10.6 Å². The van der Waals surface area contributed by atoms with E-state index in [4.69, 9.17) is 4.74 Å². The molecule has 0 heterocycles. The molecule has 0 spiro atoms. The minimum atomic E-state index is -0.446. The highest BCUT2D eigenvalue weighted by Gasteiger charge is 2.05. The Kier molecular flexibility index (Phi) is 4.93. The average molecular weight is 240 g/mol. The van der Waals surface area contributed by atoms with Crippen LogP contribution in [-0.2, 0) is 9.59 Å². The Hall–Kier alpha value is -2.11. The number of amides is 2. The van der Waals surface area contributed by atoms with Gasteiger partial charge in [-0.25, -0.2) is 4.39 Å². The number of carbonyl (C=O) groups excluding carboxylic acids is 2. The molecule has 0 aliphatic heterocycles. The lowest BCUT2D eigenvalue weighted by Gasteiger charge is -2.06. The van der Waals surface area contributed by atoms with Crippen molar-refractivity contribution >= 4 is 11.8 Å². The van der Waals surface area contributed by atoms with Gasteiger partial charge >= 0.3 is 0 Å². The zero-order valence-corrected chi connectivity index (χ0v) is 9.33. The second kappa shape index (κ2) is 6.47. The first-order valence-corrected chi connectivity index (χ1v) is 4.97. The van der Waals surface area contributed by atoms with Crippen molar-refractivity contribution < 1.29 is 18.7 Å². The van der Waals surface area contributed by atoms with Gasteiger partial charge in [0.1, 0.15) is 11.6 Å². The van der Waals surface area contributed by atoms with Crippen LogP contribution in [-0.4, -0.2) is 32.0 Å². The van der Waals surface area contributed by atoms with Crippen molar-refractivity contribution in [2.24, 2.45) is 0 Å². The monoisotopic (exact) mass is 240 g/mol. The minimum absolute atomic E-state index is 0.109. The maximum Gasteiger partial charge on any atom is 0.258 e. The molecule has 2 N–H and O–H groups in total. The molecule has 0 saturated heterocycles. The fourth-order valence-corrected chi connectivity index (χ4v) is 1.02. The van der Waals surface area contributed by atoms with Crippen molar-refractivity contribution in [2.45, 2.75) is 0 Å². The van der Waals surface area contributed by atoms with Crippen LogP contribution in [0.2, 0.25) is 0 Å². The van der Waals surface area contributed by atoms with Gasteiger partial charge in [-0.2, -0.15) is 0 Å². The summed E-state index contributed by atoms with van der Waals surface area (Å²) in [6.45, 7) is -0.373. The number of hydrogen-bond donors (Lipinski definition) is 2. The lowest BCUT2D eigenvalue weighted by atomic mass is 10.3. The first-order chi connectivity index (χ1) is 8.11. The molecule has 17 heavy (non-hydrogen) atoms. The summed E-state index contributed by atoms with van der Waals surface area (Å²) in [5.41, 5.74) is 0. The number of halogens is 1. The predicted molar refractivity (Wildman–Crippen MR) is 59.0 cm³/mol.